The fourth-order valence-corrected chi connectivity index (χ4v) is 16.8. The van der Waals surface area contributed by atoms with Gasteiger partial charge in [0.1, 0.15) is 11.2 Å². The third kappa shape index (κ3) is 9.08. The Morgan fingerprint density at radius 2 is 0.677 bits per heavy atom. The maximum atomic E-state index is 7.48. The van der Waals surface area contributed by atoms with Crippen LogP contribution in [0.5, 0.6) is 0 Å². The van der Waals surface area contributed by atoms with Crippen LogP contribution >= 0.6 is 0 Å². The average molecular weight is 1200 g/mol. The zero-order chi connectivity index (χ0) is 61.4. The number of furan rings is 2. The first-order chi connectivity index (χ1) is 46.2. The molecular weight excluding hydrogens is 1130 g/mol. The first kappa shape index (κ1) is 55.2. The molecule has 0 saturated heterocycles. The maximum Gasteiger partial charge on any atom is 0.159 e. The highest BCUT2D eigenvalue weighted by molar-refractivity contribution is 6.16. The second-order valence-corrected chi connectivity index (χ2v) is 26.2. The van der Waals surface area contributed by atoms with Crippen molar-refractivity contribution in [2.75, 3.05) is 9.80 Å². The molecule has 0 unspecified atom stereocenters. The first-order valence-corrected chi connectivity index (χ1v) is 33.8. The van der Waals surface area contributed by atoms with Crippen molar-refractivity contribution in [3.63, 3.8) is 0 Å². The number of benzene rings is 13. The standard InChI is InChI=1S/C89H70N2O2/c1-7-25-59(26-8-1)61-47-51-67(52-48-61)90(81-45-23-43-76-74-41-21-39-70(85(74)92-87(76)81)63-29-11-3-12-30-63)69-55-56-78-79(57-69)89(65-33-15-5-16-34-65,66-35-17-6-18-36-66)80-58-83(72-37-19-20-38-73(72)84(78)80)91(68-53-49-62(50-54-68)60-27-9-2-10-28-60)82-46-24-44-77-75-42-22-40-71(86(75)93-88(77)82)64-31-13-4-14-32-64/h1-2,5-10,15-28,33-58,63-64H,3-4,11-14,29-32H2. The minimum atomic E-state index is -0.811. The summed E-state index contributed by atoms with van der Waals surface area (Å²) in [7, 11) is 0. The number of rotatable bonds is 12. The van der Waals surface area contributed by atoms with Gasteiger partial charge in [-0.25, -0.2) is 0 Å². The normalized spacial score (nSPS) is 14.9. The molecule has 93 heavy (non-hydrogen) atoms. The Bertz CT molecular complexity index is 5230. The van der Waals surface area contributed by atoms with E-state index in [1.807, 2.05) is 0 Å². The van der Waals surface area contributed by atoms with Crippen LogP contribution in [0.3, 0.4) is 0 Å². The number of hydrogen-bond donors (Lipinski definition) is 0. The van der Waals surface area contributed by atoms with E-state index in [1.165, 1.54) is 142 Å². The van der Waals surface area contributed by atoms with Gasteiger partial charge in [-0.2, -0.15) is 0 Å². The molecule has 13 aromatic carbocycles. The molecule has 0 N–H and O–H groups in total. The van der Waals surface area contributed by atoms with Gasteiger partial charge >= 0.3 is 0 Å². The van der Waals surface area contributed by atoms with E-state index in [2.05, 4.69) is 301 Å². The Labute approximate surface area is 543 Å². The number of hydrogen-bond acceptors (Lipinski definition) is 4. The smallest absolute Gasteiger partial charge is 0.159 e. The molecule has 0 aliphatic heterocycles. The highest BCUT2D eigenvalue weighted by Gasteiger charge is 2.48. The van der Waals surface area contributed by atoms with E-state index >= 15 is 0 Å². The van der Waals surface area contributed by atoms with Crippen LogP contribution in [-0.4, -0.2) is 0 Å². The van der Waals surface area contributed by atoms with Crippen LogP contribution in [0, 0.1) is 0 Å². The highest BCUT2D eigenvalue weighted by Crippen LogP contribution is 2.62. The minimum Gasteiger partial charge on any atom is -0.454 e. The summed E-state index contributed by atoms with van der Waals surface area (Å²) in [5.74, 6) is 0.961. The molecule has 2 aromatic heterocycles. The van der Waals surface area contributed by atoms with Crippen LogP contribution in [0.25, 0.3) is 88.0 Å². The SMILES string of the molecule is c1ccc(-c2ccc(N(c3ccc4c(c3)C(c3ccccc3)(c3ccccc3)c3cc(N(c5ccc(-c6ccccc6)cc5)c5cccc6c5oc5c(C7CCCCC7)cccc56)c5ccccc5c3-4)c3cccc4c3oc3c(C5CCCCC5)cccc34)cc2)cc1. The van der Waals surface area contributed by atoms with Gasteiger partial charge in [0.05, 0.1) is 22.5 Å². The van der Waals surface area contributed by atoms with Crippen LogP contribution in [0.15, 0.2) is 300 Å². The fourth-order valence-electron chi connectivity index (χ4n) is 16.8. The van der Waals surface area contributed by atoms with Gasteiger partial charge in [0, 0.05) is 44.0 Å². The maximum absolute atomic E-state index is 7.48. The van der Waals surface area contributed by atoms with Crippen molar-refractivity contribution in [3.8, 4) is 33.4 Å². The molecule has 15 aromatic rings. The van der Waals surface area contributed by atoms with Crippen molar-refractivity contribution in [1.29, 1.82) is 0 Å². The summed E-state index contributed by atoms with van der Waals surface area (Å²) in [6.45, 7) is 0. The Morgan fingerprint density at radius 3 is 1.18 bits per heavy atom. The predicted octanol–water partition coefficient (Wildman–Crippen LogP) is 25.4. The lowest BCUT2D eigenvalue weighted by Crippen LogP contribution is -2.29. The van der Waals surface area contributed by atoms with E-state index in [-0.39, 0.29) is 0 Å². The van der Waals surface area contributed by atoms with Crippen LogP contribution in [0.1, 0.15) is 109 Å². The molecule has 2 heterocycles. The third-order valence-electron chi connectivity index (χ3n) is 21.1. The lowest BCUT2D eigenvalue weighted by molar-refractivity contribution is 0.442. The Kier molecular flexibility index (Phi) is 13.6. The minimum absolute atomic E-state index is 0.477. The molecule has 0 amide bonds. The van der Waals surface area contributed by atoms with Gasteiger partial charge in [-0.3, -0.25) is 0 Å². The van der Waals surface area contributed by atoms with Gasteiger partial charge in [0.25, 0.3) is 0 Å². The van der Waals surface area contributed by atoms with Crippen molar-refractivity contribution in [2.24, 2.45) is 0 Å². The van der Waals surface area contributed by atoms with Crippen molar-refractivity contribution >= 4 is 88.8 Å². The second kappa shape index (κ2) is 22.9. The van der Waals surface area contributed by atoms with Gasteiger partial charge in [0.15, 0.2) is 11.2 Å². The third-order valence-corrected chi connectivity index (χ3v) is 21.1. The lowest BCUT2D eigenvalue weighted by atomic mass is 9.67. The summed E-state index contributed by atoms with van der Waals surface area (Å²) in [5.41, 5.74) is 23.8. The summed E-state index contributed by atoms with van der Waals surface area (Å²) >= 11 is 0. The Balaban J connectivity index is 0.896. The monoisotopic (exact) mass is 1200 g/mol. The largest absolute Gasteiger partial charge is 0.454 e. The van der Waals surface area contributed by atoms with E-state index in [9.17, 15) is 0 Å². The molecule has 448 valence electrons. The van der Waals surface area contributed by atoms with Crippen molar-refractivity contribution < 1.29 is 8.83 Å². The lowest BCUT2D eigenvalue weighted by Gasteiger charge is -2.36. The van der Waals surface area contributed by atoms with Gasteiger partial charge in [-0.05, 0) is 164 Å². The van der Waals surface area contributed by atoms with Crippen LogP contribution in [0.2, 0.25) is 0 Å². The van der Waals surface area contributed by atoms with Gasteiger partial charge < -0.3 is 18.6 Å². The second-order valence-electron chi connectivity index (χ2n) is 26.2. The number of fused-ring (bicyclic) bond motifs is 11. The van der Waals surface area contributed by atoms with E-state index in [0.29, 0.717) is 11.8 Å². The molecule has 4 heteroatoms. The van der Waals surface area contributed by atoms with Crippen molar-refractivity contribution in [3.05, 3.63) is 325 Å². The summed E-state index contributed by atoms with van der Waals surface area (Å²) in [6, 6.07) is 109. The molecular formula is C89H70N2O2. The van der Waals surface area contributed by atoms with Gasteiger partial charge in [-0.15, -0.1) is 0 Å². The Morgan fingerprint density at radius 1 is 0.280 bits per heavy atom. The summed E-state index contributed by atoms with van der Waals surface area (Å²) in [6.07, 6.45) is 12.4. The van der Waals surface area contributed by atoms with Crippen molar-refractivity contribution in [2.45, 2.75) is 81.5 Å². The molecule has 2 fully saturated rings. The molecule has 2 saturated carbocycles. The molecule has 4 nitrogen and oxygen atoms in total. The molecule has 3 aliphatic rings. The van der Waals surface area contributed by atoms with Crippen molar-refractivity contribution in [1.82, 2.24) is 0 Å². The quantitative estimate of drug-likeness (QED) is 0.122. The summed E-state index contributed by atoms with van der Waals surface area (Å²) in [4.78, 5) is 4.97. The predicted molar refractivity (Wildman–Crippen MR) is 388 cm³/mol. The van der Waals surface area contributed by atoms with E-state index in [4.69, 9.17) is 8.83 Å². The van der Waals surface area contributed by atoms with E-state index in [1.54, 1.807) is 0 Å². The zero-order valence-corrected chi connectivity index (χ0v) is 52.1. The topological polar surface area (TPSA) is 32.8 Å². The number of para-hydroxylation sites is 4. The molecule has 0 spiro atoms. The summed E-state index contributed by atoms with van der Waals surface area (Å²) < 4.78 is 14.9. The van der Waals surface area contributed by atoms with Gasteiger partial charge in [-0.1, -0.05) is 275 Å². The fraction of sp³-hybridized carbons (Fsp3) is 0.146. The average Bonchev–Trinajstić information content (AvgIpc) is 1.54. The molecule has 0 bridgehead atoms. The number of anilines is 6. The van der Waals surface area contributed by atoms with E-state index < -0.39 is 5.41 Å². The van der Waals surface area contributed by atoms with Gasteiger partial charge in [0.2, 0.25) is 0 Å². The molecule has 0 atom stereocenters. The zero-order valence-electron chi connectivity index (χ0n) is 52.1. The Hall–Kier alpha value is -10.7. The molecule has 0 radical (unpaired) electrons. The highest BCUT2D eigenvalue weighted by atomic mass is 16.3. The summed E-state index contributed by atoms with van der Waals surface area (Å²) in [5, 5.41) is 6.94. The van der Waals surface area contributed by atoms with Crippen LogP contribution in [0.4, 0.5) is 34.1 Å². The molecule has 3 aliphatic carbocycles. The van der Waals surface area contributed by atoms with E-state index in [0.717, 1.165) is 78.2 Å². The molecule has 18 rings (SSSR count). The van der Waals surface area contributed by atoms with Crippen LogP contribution in [-0.2, 0) is 5.41 Å². The first-order valence-electron chi connectivity index (χ1n) is 33.8. The van der Waals surface area contributed by atoms with Crippen LogP contribution < -0.4 is 9.80 Å². The number of nitrogens with zero attached hydrogens (tertiary/aromatic N) is 2.